The van der Waals surface area contributed by atoms with Crippen molar-refractivity contribution in [2.45, 2.75) is 24.6 Å². The minimum absolute atomic E-state index is 0.0668. The Hall–Kier alpha value is -3.20. The zero-order chi connectivity index (χ0) is 20.6. The van der Waals surface area contributed by atoms with Crippen molar-refractivity contribution in [2.75, 3.05) is 0 Å². The van der Waals surface area contributed by atoms with Crippen LogP contribution in [0.5, 0.6) is 0 Å². The van der Waals surface area contributed by atoms with Gasteiger partial charge in [-0.05, 0) is 28.7 Å². The van der Waals surface area contributed by atoms with Gasteiger partial charge in [0.1, 0.15) is 0 Å². The lowest BCUT2D eigenvalue weighted by Crippen LogP contribution is -2.32. The Morgan fingerprint density at radius 3 is 1.50 bits per heavy atom. The standard InChI is InChI=1S/C28H27NO/c30-28(25-19-11-4-12-20-25)27(24-17-9-3-10-18-24)29-26(23-15-7-2-8-16-23)21-22-13-5-1-6-14-22/h1-20,26-30H,21H2/t26-,27-,28+/m0/s1. The van der Waals surface area contributed by atoms with Crippen LogP contribution in [0.1, 0.15) is 40.4 Å². The third-order valence-corrected chi connectivity index (χ3v) is 5.48. The van der Waals surface area contributed by atoms with Crippen LogP contribution >= 0.6 is 0 Å². The van der Waals surface area contributed by atoms with Crippen molar-refractivity contribution in [3.63, 3.8) is 0 Å². The van der Waals surface area contributed by atoms with Gasteiger partial charge in [0.15, 0.2) is 0 Å². The van der Waals surface area contributed by atoms with Crippen molar-refractivity contribution in [1.29, 1.82) is 0 Å². The molecule has 0 aliphatic rings. The zero-order valence-electron chi connectivity index (χ0n) is 16.9. The molecule has 4 aromatic carbocycles. The maximum Gasteiger partial charge on any atom is 0.0984 e. The monoisotopic (exact) mass is 393 g/mol. The molecule has 0 aliphatic carbocycles. The van der Waals surface area contributed by atoms with E-state index >= 15 is 0 Å². The van der Waals surface area contributed by atoms with Crippen LogP contribution in [0, 0.1) is 0 Å². The van der Waals surface area contributed by atoms with E-state index in [0.717, 1.165) is 17.5 Å². The topological polar surface area (TPSA) is 32.3 Å². The first-order valence-electron chi connectivity index (χ1n) is 10.4. The largest absolute Gasteiger partial charge is 0.386 e. The number of benzene rings is 4. The molecule has 2 N–H and O–H groups in total. The van der Waals surface area contributed by atoms with Crippen LogP contribution in [0.15, 0.2) is 121 Å². The van der Waals surface area contributed by atoms with E-state index in [9.17, 15) is 5.11 Å². The summed E-state index contributed by atoms with van der Waals surface area (Å²) in [5.74, 6) is 0. The number of rotatable bonds is 8. The molecule has 3 atom stereocenters. The molecule has 30 heavy (non-hydrogen) atoms. The Morgan fingerprint density at radius 2 is 0.967 bits per heavy atom. The Kier molecular flexibility index (Phi) is 6.71. The summed E-state index contributed by atoms with van der Waals surface area (Å²) in [4.78, 5) is 0. The first kappa shape index (κ1) is 20.1. The van der Waals surface area contributed by atoms with E-state index in [1.165, 1.54) is 11.1 Å². The molecule has 150 valence electrons. The number of aliphatic hydroxyl groups excluding tert-OH is 1. The van der Waals surface area contributed by atoms with Crippen LogP contribution in [-0.4, -0.2) is 5.11 Å². The minimum Gasteiger partial charge on any atom is -0.386 e. The second-order valence-corrected chi connectivity index (χ2v) is 7.56. The highest BCUT2D eigenvalue weighted by Crippen LogP contribution is 2.32. The quantitative estimate of drug-likeness (QED) is 0.383. The molecule has 0 radical (unpaired) electrons. The second-order valence-electron chi connectivity index (χ2n) is 7.56. The molecule has 0 bridgehead atoms. The summed E-state index contributed by atoms with van der Waals surface area (Å²) in [6.45, 7) is 0. The van der Waals surface area contributed by atoms with Crippen molar-refractivity contribution in [3.05, 3.63) is 144 Å². The number of hydrogen-bond donors (Lipinski definition) is 2. The second kappa shape index (κ2) is 10.0. The SMILES string of the molecule is O[C@H](c1ccccc1)[C@@H](N[C@@H](Cc1ccccc1)c1ccccc1)c1ccccc1. The number of hydrogen-bond acceptors (Lipinski definition) is 2. The summed E-state index contributed by atoms with van der Waals surface area (Å²) in [5, 5.41) is 15.1. The molecule has 0 spiro atoms. The molecule has 0 aliphatic heterocycles. The number of aliphatic hydroxyl groups is 1. The van der Waals surface area contributed by atoms with E-state index in [2.05, 4.69) is 66.0 Å². The Balaban J connectivity index is 1.69. The molecule has 0 aromatic heterocycles. The van der Waals surface area contributed by atoms with Gasteiger partial charge in [-0.25, -0.2) is 0 Å². The maximum absolute atomic E-state index is 11.3. The predicted octanol–water partition coefficient (Wildman–Crippen LogP) is 6.03. The van der Waals surface area contributed by atoms with E-state index in [0.29, 0.717) is 0 Å². The summed E-state index contributed by atoms with van der Waals surface area (Å²) in [6, 6.07) is 40.9. The summed E-state index contributed by atoms with van der Waals surface area (Å²) < 4.78 is 0. The fourth-order valence-corrected chi connectivity index (χ4v) is 3.90. The first-order chi connectivity index (χ1) is 14.8. The fourth-order valence-electron chi connectivity index (χ4n) is 3.90. The number of nitrogens with one attached hydrogen (secondary N) is 1. The zero-order valence-corrected chi connectivity index (χ0v) is 16.9. The van der Waals surface area contributed by atoms with E-state index in [1.54, 1.807) is 0 Å². The molecule has 4 rings (SSSR count). The van der Waals surface area contributed by atoms with Gasteiger partial charge in [-0.15, -0.1) is 0 Å². The first-order valence-corrected chi connectivity index (χ1v) is 10.4. The van der Waals surface area contributed by atoms with Crippen LogP contribution in [-0.2, 0) is 6.42 Å². The molecular weight excluding hydrogens is 366 g/mol. The molecule has 0 unspecified atom stereocenters. The van der Waals surface area contributed by atoms with Gasteiger partial charge in [0.25, 0.3) is 0 Å². The molecular formula is C28H27NO. The van der Waals surface area contributed by atoms with Crippen LogP contribution in [0.2, 0.25) is 0 Å². The van der Waals surface area contributed by atoms with Crippen LogP contribution in [0.25, 0.3) is 0 Å². The van der Waals surface area contributed by atoms with Crippen molar-refractivity contribution < 1.29 is 5.11 Å². The predicted molar refractivity (Wildman–Crippen MR) is 123 cm³/mol. The highest BCUT2D eigenvalue weighted by Gasteiger charge is 2.26. The van der Waals surface area contributed by atoms with Gasteiger partial charge >= 0.3 is 0 Å². The minimum atomic E-state index is -0.657. The Bertz CT molecular complexity index is 1000. The van der Waals surface area contributed by atoms with Crippen molar-refractivity contribution in [3.8, 4) is 0 Å². The highest BCUT2D eigenvalue weighted by molar-refractivity contribution is 5.29. The molecule has 2 nitrogen and oxygen atoms in total. The molecule has 0 fully saturated rings. The average Bonchev–Trinajstić information content (AvgIpc) is 2.83. The van der Waals surface area contributed by atoms with E-state index < -0.39 is 6.10 Å². The molecule has 0 saturated carbocycles. The van der Waals surface area contributed by atoms with E-state index in [1.807, 2.05) is 60.7 Å². The third kappa shape index (κ3) is 5.04. The van der Waals surface area contributed by atoms with Gasteiger partial charge in [-0.2, -0.15) is 0 Å². The van der Waals surface area contributed by atoms with E-state index in [-0.39, 0.29) is 12.1 Å². The molecule has 0 saturated heterocycles. The lowest BCUT2D eigenvalue weighted by Gasteiger charge is -2.30. The summed E-state index contributed by atoms with van der Waals surface area (Å²) in [6.07, 6.45) is 0.186. The molecule has 2 heteroatoms. The molecule has 4 aromatic rings. The Morgan fingerprint density at radius 1 is 0.533 bits per heavy atom. The smallest absolute Gasteiger partial charge is 0.0984 e. The van der Waals surface area contributed by atoms with Gasteiger partial charge in [-0.1, -0.05) is 121 Å². The highest BCUT2D eigenvalue weighted by atomic mass is 16.3. The van der Waals surface area contributed by atoms with Gasteiger partial charge < -0.3 is 10.4 Å². The lowest BCUT2D eigenvalue weighted by molar-refractivity contribution is 0.121. The Labute approximate surface area is 178 Å². The summed E-state index contributed by atoms with van der Waals surface area (Å²) in [7, 11) is 0. The summed E-state index contributed by atoms with van der Waals surface area (Å²) >= 11 is 0. The van der Waals surface area contributed by atoms with Crippen LogP contribution in [0.4, 0.5) is 0 Å². The maximum atomic E-state index is 11.3. The molecule has 0 amide bonds. The van der Waals surface area contributed by atoms with Crippen molar-refractivity contribution in [1.82, 2.24) is 5.32 Å². The van der Waals surface area contributed by atoms with Crippen molar-refractivity contribution >= 4 is 0 Å². The van der Waals surface area contributed by atoms with Crippen LogP contribution < -0.4 is 5.32 Å². The third-order valence-electron chi connectivity index (χ3n) is 5.48. The molecule has 0 heterocycles. The van der Waals surface area contributed by atoms with Gasteiger partial charge in [-0.3, -0.25) is 0 Å². The van der Waals surface area contributed by atoms with Gasteiger partial charge in [0, 0.05) is 6.04 Å². The van der Waals surface area contributed by atoms with E-state index in [4.69, 9.17) is 0 Å². The average molecular weight is 394 g/mol. The normalized spacial score (nSPS) is 14.0. The van der Waals surface area contributed by atoms with Crippen molar-refractivity contribution in [2.24, 2.45) is 0 Å². The fraction of sp³-hybridized carbons (Fsp3) is 0.143. The van der Waals surface area contributed by atoms with Crippen LogP contribution in [0.3, 0.4) is 0 Å². The van der Waals surface area contributed by atoms with Gasteiger partial charge in [0.05, 0.1) is 12.1 Å². The summed E-state index contributed by atoms with van der Waals surface area (Å²) in [5.41, 5.74) is 4.45. The lowest BCUT2D eigenvalue weighted by atomic mass is 9.92. The van der Waals surface area contributed by atoms with Gasteiger partial charge in [0.2, 0.25) is 0 Å².